The van der Waals surface area contributed by atoms with Crippen molar-refractivity contribution in [2.24, 2.45) is 0 Å². The van der Waals surface area contributed by atoms with Crippen LogP contribution in [-0.2, 0) is 46.3 Å². The van der Waals surface area contributed by atoms with Gasteiger partial charge < -0.3 is 64.2 Å². The van der Waals surface area contributed by atoms with Crippen LogP contribution in [0.4, 0.5) is 0 Å². The van der Waals surface area contributed by atoms with Crippen LogP contribution in [0.15, 0.2) is 21.9 Å². The predicted molar refractivity (Wildman–Crippen MR) is 129 cm³/mol. The Bertz CT molecular complexity index is 1420. The van der Waals surface area contributed by atoms with Crippen molar-refractivity contribution >= 4 is 27.5 Å². The topological polar surface area (TPSA) is 341 Å². The summed E-state index contributed by atoms with van der Waals surface area (Å²) in [7, 11) is -12.0. The Balaban J connectivity index is 0.00000705. The molecule has 47 heavy (non-hydrogen) atoms. The fraction of sp³-hybridized carbons (Fsp3) is 0.700. The molecular formula is C20H28N3Na3O19P2. The average Bonchev–Trinajstić information content (AvgIpc) is 3.18. The summed E-state index contributed by atoms with van der Waals surface area (Å²) < 4.78 is 54.2. The first-order valence-corrected chi connectivity index (χ1v) is 15.3. The second-order valence-corrected chi connectivity index (χ2v) is 12.4. The maximum absolute atomic E-state index is 12.6. The molecule has 2 aliphatic rings. The van der Waals surface area contributed by atoms with Crippen molar-refractivity contribution < 1.29 is 170 Å². The minimum Gasteiger partial charge on any atom is -0.756 e. The third-order valence-corrected chi connectivity index (χ3v) is 8.74. The van der Waals surface area contributed by atoms with Gasteiger partial charge in [-0.2, -0.15) is 0 Å². The van der Waals surface area contributed by atoms with E-state index < -0.39 is 113 Å². The van der Waals surface area contributed by atoms with Crippen molar-refractivity contribution in [1.29, 1.82) is 0 Å². The van der Waals surface area contributed by atoms with Crippen LogP contribution in [0.1, 0.15) is 20.1 Å². The molecule has 3 heterocycles. The summed E-state index contributed by atoms with van der Waals surface area (Å²) in [5.74, 6) is -2.66. The number of amides is 1. The molecule has 2 saturated heterocycles. The van der Waals surface area contributed by atoms with Crippen molar-refractivity contribution in [2.75, 3.05) is 13.2 Å². The van der Waals surface area contributed by atoms with Gasteiger partial charge in [-0.1, -0.05) is 0 Å². The smallest absolute Gasteiger partial charge is 0.756 e. The van der Waals surface area contributed by atoms with Gasteiger partial charge >= 0.3 is 94.4 Å². The molecule has 0 bridgehead atoms. The Hall–Kier alpha value is 0.600. The number of aromatic nitrogens is 2. The number of hydrogen-bond acceptors (Lipinski definition) is 19. The zero-order chi connectivity index (χ0) is 33.1. The van der Waals surface area contributed by atoms with Crippen LogP contribution >= 0.6 is 15.6 Å². The Kier molecular flexibility index (Phi) is 20.3. The van der Waals surface area contributed by atoms with Crippen LogP contribution in [0, 0.1) is 0 Å². The predicted octanol–water partition coefficient (Wildman–Crippen LogP) is -15.7. The molecule has 6 N–H and O–H groups in total. The number of rotatable bonds is 13. The van der Waals surface area contributed by atoms with E-state index in [0.29, 0.717) is 4.57 Å². The second-order valence-electron chi connectivity index (χ2n) is 9.45. The number of H-pyrrole nitrogens is 1. The molecule has 0 saturated carbocycles. The van der Waals surface area contributed by atoms with E-state index in [-0.39, 0.29) is 88.7 Å². The van der Waals surface area contributed by atoms with E-state index in [2.05, 4.69) is 18.7 Å². The number of hydrogen-bond donors (Lipinski definition) is 6. The van der Waals surface area contributed by atoms with Crippen molar-refractivity contribution in [1.82, 2.24) is 14.9 Å². The summed E-state index contributed by atoms with van der Waals surface area (Å²) in [6.07, 6.45) is -15.5. The van der Waals surface area contributed by atoms with Crippen LogP contribution in [0.5, 0.6) is 0 Å². The van der Waals surface area contributed by atoms with E-state index >= 15 is 0 Å². The molecule has 2 unspecified atom stereocenters. The van der Waals surface area contributed by atoms with Gasteiger partial charge in [-0.15, -0.1) is 0 Å². The van der Waals surface area contributed by atoms with Crippen molar-refractivity contribution in [3.05, 3.63) is 33.1 Å². The van der Waals surface area contributed by atoms with Gasteiger partial charge in [-0.3, -0.25) is 32.8 Å². The van der Waals surface area contributed by atoms with Gasteiger partial charge in [-0.25, -0.2) is 9.11 Å². The number of nitrogens with zero attached hydrogens (tertiary/aromatic N) is 1. The number of carboxylic acids is 1. The Morgan fingerprint density at radius 3 is 2.21 bits per heavy atom. The van der Waals surface area contributed by atoms with Crippen LogP contribution in [0.25, 0.3) is 0 Å². The molecule has 1 aromatic rings. The Morgan fingerprint density at radius 2 is 1.68 bits per heavy atom. The molecule has 22 nitrogen and oxygen atoms in total. The number of aromatic amines is 1. The molecule has 250 valence electrons. The van der Waals surface area contributed by atoms with Crippen LogP contribution in [0.2, 0.25) is 0 Å². The molecule has 2 aliphatic heterocycles. The minimum atomic E-state index is -6.07. The normalized spacial score (nSPS) is 31.9. The maximum atomic E-state index is 12.6. The van der Waals surface area contributed by atoms with Gasteiger partial charge in [0.25, 0.3) is 21.2 Å². The van der Waals surface area contributed by atoms with Crippen molar-refractivity contribution in [2.45, 2.75) is 75.1 Å². The molecular weight excluding hydrogens is 717 g/mol. The number of aliphatic hydroxyl groups excluding tert-OH is 4. The molecule has 0 aliphatic carbocycles. The van der Waals surface area contributed by atoms with E-state index in [1.54, 1.807) is 0 Å². The van der Waals surface area contributed by atoms with E-state index in [1.165, 1.54) is 0 Å². The van der Waals surface area contributed by atoms with Gasteiger partial charge in [0.15, 0.2) is 12.5 Å². The van der Waals surface area contributed by atoms with Gasteiger partial charge in [0.2, 0.25) is 5.91 Å². The standard InChI is InChI=1S/C20H31N3O19P2.3Na/c1-7(18(30)31)38-16-12(21-8(2)25)19(40-9(5-24)14(16)28)41-44(35,36)42-43(33,34)37-6-10-13(27)15(29)17(39-10)23-4-3-11(26)22-20(23)32;;;/h3-4,7,9-10,12-17,19,24,27-29H,5-6H2,1-2H3,(H,21,25)(H,30,31)(H,33,34)(H,35,36)(H,22,26,32);;;/q;3*+1/p-3/t7-,9-,10-,12-,13-,14-,15-,16-,17-,19-;;;/m1.../s1. The fourth-order valence-electron chi connectivity index (χ4n) is 4.18. The molecule has 1 aromatic heterocycles. The number of aliphatic hydroxyl groups is 4. The number of phosphoric ester groups is 2. The van der Waals surface area contributed by atoms with Gasteiger partial charge in [0, 0.05) is 19.2 Å². The average molecular weight is 745 g/mol. The molecule has 0 spiro atoms. The third-order valence-electron chi connectivity index (χ3n) is 6.21. The Labute approximate surface area is 331 Å². The number of nitrogens with one attached hydrogen (secondary N) is 2. The largest absolute Gasteiger partial charge is 1.00 e. The number of carbonyl (C=O) groups excluding carboxylic acids is 2. The van der Waals surface area contributed by atoms with E-state index in [9.17, 15) is 63.6 Å². The molecule has 1 amide bonds. The first-order valence-electron chi connectivity index (χ1n) is 12.4. The van der Waals surface area contributed by atoms with Crippen LogP contribution < -0.4 is 120 Å². The quantitative estimate of drug-likeness (QED) is 0.0806. The van der Waals surface area contributed by atoms with Crippen LogP contribution in [-0.4, -0.2) is 110 Å². The van der Waals surface area contributed by atoms with Crippen molar-refractivity contribution in [3.63, 3.8) is 0 Å². The first kappa shape index (κ1) is 47.6. The minimum absolute atomic E-state index is 0. The zero-order valence-corrected chi connectivity index (χ0v) is 33.4. The van der Waals surface area contributed by atoms with Gasteiger partial charge in [0.05, 0.1) is 25.3 Å². The van der Waals surface area contributed by atoms with Gasteiger partial charge in [-0.05, 0) is 6.92 Å². The second kappa shape index (κ2) is 20.0. The molecule has 0 radical (unpaired) electrons. The van der Waals surface area contributed by atoms with E-state index in [1.807, 2.05) is 4.98 Å². The number of carboxylic acid groups (broad SMARTS) is 1. The molecule has 27 heteroatoms. The Morgan fingerprint density at radius 1 is 1.06 bits per heavy atom. The molecule has 3 rings (SSSR count). The van der Waals surface area contributed by atoms with Gasteiger partial charge in [0.1, 0.15) is 42.7 Å². The first-order chi connectivity index (χ1) is 20.4. The monoisotopic (exact) mass is 745 g/mol. The zero-order valence-electron chi connectivity index (χ0n) is 25.6. The summed E-state index contributed by atoms with van der Waals surface area (Å²) in [6.45, 7) is -0.271. The summed E-state index contributed by atoms with van der Waals surface area (Å²) >= 11 is 0. The number of phosphoric acid groups is 2. The number of carbonyl (C=O) groups is 2. The third kappa shape index (κ3) is 13.0. The molecule has 12 atom stereocenters. The number of aliphatic carboxylic acids is 1. The summed E-state index contributed by atoms with van der Waals surface area (Å²) in [6, 6.07) is -0.935. The fourth-order valence-corrected chi connectivity index (χ4v) is 6.27. The number of ether oxygens (including phenoxy) is 3. The van der Waals surface area contributed by atoms with E-state index in [0.717, 1.165) is 26.1 Å². The summed E-state index contributed by atoms with van der Waals surface area (Å²) in [5.41, 5.74) is -1.83. The molecule has 0 aromatic carbocycles. The SMILES string of the molecule is CC(=O)N[C@H]1[C@@H](OP(=O)([O-])OP(=O)([O-])OC[C@H]2O[C@@H](n3ccc(=O)[nH]c3=O)[C@H](O)[C@@H]2O)O[C@H](CO)[C@@H](O)[C@@H]1O[C@H](C)C(=O)[O-].[Na+].[Na+].[Na+]. The van der Waals surface area contributed by atoms with Crippen molar-refractivity contribution in [3.8, 4) is 0 Å². The van der Waals surface area contributed by atoms with E-state index in [4.69, 9.17) is 14.2 Å². The molecule has 2 fully saturated rings. The maximum Gasteiger partial charge on any atom is 1.00 e. The van der Waals surface area contributed by atoms with Crippen LogP contribution in [0.3, 0.4) is 0 Å². The summed E-state index contributed by atoms with van der Waals surface area (Å²) in [5, 5.41) is 53.7. The summed E-state index contributed by atoms with van der Waals surface area (Å²) in [4.78, 5) is 72.9.